The van der Waals surface area contributed by atoms with E-state index in [2.05, 4.69) is 179 Å². The molecule has 0 radical (unpaired) electrons. The highest BCUT2D eigenvalue weighted by Gasteiger charge is 2.21. The Labute approximate surface area is 293 Å². The first-order chi connectivity index (χ1) is 25.3. The van der Waals surface area contributed by atoms with Gasteiger partial charge in [-0.05, 0) is 98.8 Å². The van der Waals surface area contributed by atoms with Crippen LogP contribution in [0, 0.1) is 0 Å². The smallest absolute Gasteiger partial charge is 0.0619 e. The van der Waals surface area contributed by atoms with Crippen LogP contribution in [0.2, 0.25) is 0 Å². The van der Waals surface area contributed by atoms with Gasteiger partial charge in [-0.15, -0.1) is 0 Å². The van der Waals surface area contributed by atoms with Gasteiger partial charge in [-0.25, -0.2) is 0 Å². The summed E-state index contributed by atoms with van der Waals surface area (Å²) in [7, 11) is 0. The highest BCUT2D eigenvalue weighted by molar-refractivity contribution is 6.27. The lowest BCUT2D eigenvalue weighted by Crippen LogP contribution is -1.92. The second-order valence-corrected chi connectivity index (χ2v) is 14.1. The van der Waals surface area contributed by atoms with Crippen molar-refractivity contribution in [3.8, 4) is 16.8 Å². The van der Waals surface area contributed by atoms with E-state index in [1.54, 1.807) is 0 Å². The molecule has 0 bridgehead atoms. The number of hydrogen-bond donors (Lipinski definition) is 0. The molecule has 0 unspecified atom stereocenters. The van der Waals surface area contributed by atoms with Crippen molar-refractivity contribution in [1.82, 2.24) is 8.97 Å². The summed E-state index contributed by atoms with van der Waals surface area (Å²) in [6.45, 7) is 0. The van der Waals surface area contributed by atoms with E-state index in [4.69, 9.17) is 0 Å². The summed E-state index contributed by atoms with van der Waals surface area (Å²) in [6, 6.07) is 63.2. The summed E-state index contributed by atoms with van der Waals surface area (Å²) in [4.78, 5) is 0. The van der Waals surface area contributed by atoms with Crippen molar-refractivity contribution in [2.24, 2.45) is 0 Å². The van der Waals surface area contributed by atoms with Crippen LogP contribution in [0.15, 0.2) is 170 Å². The molecule has 1 aliphatic carbocycles. The number of benzene rings is 8. The van der Waals surface area contributed by atoms with Gasteiger partial charge in [-0.1, -0.05) is 121 Å². The zero-order chi connectivity index (χ0) is 33.2. The summed E-state index contributed by atoms with van der Waals surface area (Å²) in [5.41, 5.74) is 12.6. The van der Waals surface area contributed by atoms with Gasteiger partial charge in [0.25, 0.3) is 0 Å². The van der Waals surface area contributed by atoms with Gasteiger partial charge in [0.2, 0.25) is 0 Å². The van der Waals surface area contributed by atoms with Crippen molar-refractivity contribution in [3.05, 3.63) is 181 Å². The molecule has 0 fully saturated rings. The SMILES string of the molecule is c1ccc(-n2c3ccccc3c3cc(-c4ccc5c(c4)c4cccc6c7cccc8c7c7c(cccc7c7ccccc7n5c64)C8)ccc32)cc1. The summed E-state index contributed by atoms with van der Waals surface area (Å²) in [5.74, 6) is 0. The zero-order valence-electron chi connectivity index (χ0n) is 27.8. The van der Waals surface area contributed by atoms with E-state index in [0.717, 1.165) is 6.42 Å². The number of para-hydroxylation sites is 4. The quantitative estimate of drug-likeness (QED) is 0.177. The second-order valence-electron chi connectivity index (χ2n) is 14.1. The summed E-state index contributed by atoms with van der Waals surface area (Å²) in [6.07, 6.45) is 0.977. The Kier molecular flexibility index (Phi) is 5.32. The maximum absolute atomic E-state index is 2.54. The lowest BCUT2D eigenvalue weighted by molar-refractivity contribution is 1.18. The summed E-state index contributed by atoms with van der Waals surface area (Å²) in [5, 5.41) is 13.1. The standard InChI is InChI=1S/C49H30N2/c1-2-13-34(14-3-1)50-43-21-6-5-16-36(43)41-28-30(23-25-45(41)50)31-24-26-46-42(29-31)40-20-10-19-39-38-18-9-12-33-27-32-11-8-17-37(47(32)48(33)38)35-15-4-7-22-44(35)51(46)49(39)40/h1-26,28-29H,27H2. The normalized spacial score (nSPS) is 12.6. The molecule has 8 aromatic carbocycles. The van der Waals surface area contributed by atoms with Crippen LogP contribution in [-0.4, -0.2) is 8.97 Å². The Morgan fingerprint density at radius 2 is 0.804 bits per heavy atom. The highest BCUT2D eigenvalue weighted by Crippen LogP contribution is 2.44. The first-order valence-electron chi connectivity index (χ1n) is 17.8. The van der Waals surface area contributed by atoms with Crippen molar-refractivity contribution < 1.29 is 0 Å². The molecule has 0 N–H and O–H groups in total. The molecule has 3 aromatic heterocycles. The minimum Gasteiger partial charge on any atom is -0.309 e. The number of rotatable bonds is 2. The monoisotopic (exact) mass is 646 g/mol. The van der Waals surface area contributed by atoms with Gasteiger partial charge in [0, 0.05) is 38.0 Å². The van der Waals surface area contributed by atoms with E-state index in [-0.39, 0.29) is 0 Å². The van der Waals surface area contributed by atoms with Crippen LogP contribution < -0.4 is 0 Å². The van der Waals surface area contributed by atoms with Gasteiger partial charge in [0.1, 0.15) is 0 Å². The molecule has 2 nitrogen and oxygen atoms in total. The van der Waals surface area contributed by atoms with Gasteiger partial charge < -0.3 is 8.97 Å². The van der Waals surface area contributed by atoms with Crippen molar-refractivity contribution in [2.75, 3.05) is 0 Å². The van der Waals surface area contributed by atoms with Gasteiger partial charge >= 0.3 is 0 Å². The lowest BCUT2D eigenvalue weighted by Gasteiger charge is -2.08. The van der Waals surface area contributed by atoms with Crippen molar-refractivity contribution in [1.29, 1.82) is 0 Å². The third-order valence-corrected chi connectivity index (χ3v) is 11.5. The molecule has 12 rings (SSSR count). The van der Waals surface area contributed by atoms with Crippen LogP contribution in [0.1, 0.15) is 11.1 Å². The van der Waals surface area contributed by atoms with Crippen LogP contribution in [0.5, 0.6) is 0 Å². The minimum atomic E-state index is 0.977. The van der Waals surface area contributed by atoms with E-state index < -0.39 is 0 Å². The lowest BCUT2D eigenvalue weighted by atomic mass is 9.99. The summed E-state index contributed by atoms with van der Waals surface area (Å²) >= 11 is 0. The molecule has 2 heteroatoms. The number of nitrogens with zero attached hydrogens (tertiary/aromatic N) is 2. The molecule has 3 heterocycles. The Morgan fingerprint density at radius 1 is 0.333 bits per heavy atom. The fourth-order valence-corrected chi connectivity index (χ4v) is 9.36. The molecule has 0 saturated carbocycles. The van der Waals surface area contributed by atoms with Gasteiger partial charge in [0.05, 0.1) is 27.6 Å². The highest BCUT2D eigenvalue weighted by atomic mass is 15.0. The fourth-order valence-electron chi connectivity index (χ4n) is 9.36. The molecular weight excluding hydrogens is 617 g/mol. The van der Waals surface area contributed by atoms with E-state index in [1.807, 2.05) is 0 Å². The topological polar surface area (TPSA) is 9.34 Å². The molecule has 0 aliphatic heterocycles. The molecule has 236 valence electrons. The molecule has 1 aliphatic rings. The van der Waals surface area contributed by atoms with Crippen LogP contribution in [0.4, 0.5) is 0 Å². The second kappa shape index (κ2) is 9.97. The predicted molar refractivity (Wildman–Crippen MR) is 216 cm³/mol. The van der Waals surface area contributed by atoms with E-state index in [0.29, 0.717) is 0 Å². The maximum Gasteiger partial charge on any atom is 0.0619 e. The van der Waals surface area contributed by atoms with Crippen LogP contribution in [0.3, 0.4) is 0 Å². The van der Waals surface area contributed by atoms with E-state index >= 15 is 0 Å². The minimum absolute atomic E-state index is 0.977. The predicted octanol–water partition coefficient (Wildman–Crippen LogP) is 12.9. The van der Waals surface area contributed by atoms with Gasteiger partial charge in [0.15, 0.2) is 0 Å². The number of fused-ring (bicyclic) bond motifs is 10. The van der Waals surface area contributed by atoms with Crippen molar-refractivity contribution >= 4 is 81.4 Å². The number of hydrogen-bond acceptors (Lipinski definition) is 0. The first kappa shape index (κ1) is 27.2. The molecule has 0 spiro atoms. The van der Waals surface area contributed by atoms with Gasteiger partial charge in [-0.3, -0.25) is 0 Å². The Bertz CT molecular complexity index is 3320. The largest absolute Gasteiger partial charge is 0.309 e. The molecule has 11 aromatic rings. The van der Waals surface area contributed by atoms with E-state index in [1.165, 1.54) is 109 Å². The maximum atomic E-state index is 2.54. The van der Waals surface area contributed by atoms with Gasteiger partial charge in [-0.2, -0.15) is 0 Å². The number of aromatic nitrogens is 2. The molecular formula is C49H30N2. The van der Waals surface area contributed by atoms with Crippen molar-refractivity contribution in [3.63, 3.8) is 0 Å². The third-order valence-electron chi connectivity index (χ3n) is 11.5. The third kappa shape index (κ3) is 3.61. The molecule has 0 amide bonds. The van der Waals surface area contributed by atoms with Crippen LogP contribution >= 0.6 is 0 Å². The van der Waals surface area contributed by atoms with E-state index in [9.17, 15) is 0 Å². The van der Waals surface area contributed by atoms with Crippen LogP contribution in [-0.2, 0) is 6.42 Å². The van der Waals surface area contributed by atoms with Crippen LogP contribution in [0.25, 0.3) is 98.3 Å². The average Bonchev–Trinajstić information content (AvgIpc) is 3.86. The Morgan fingerprint density at radius 3 is 1.53 bits per heavy atom. The molecule has 0 saturated heterocycles. The summed E-state index contributed by atoms with van der Waals surface area (Å²) < 4.78 is 4.92. The van der Waals surface area contributed by atoms with Crippen molar-refractivity contribution in [2.45, 2.75) is 6.42 Å². The fraction of sp³-hybridized carbons (Fsp3) is 0.0204. The Hall–Kier alpha value is -6.64. The molecule has 51 heavy (non-hydrogen) atoms. The zero-order valence-corrected chi connectivity index (χ0v) is 27.8. The average molecular weight is 647 g/mol. The Balaban J connectivity index is 1.20. The molecule has 0 atom stereocenters. The first-order valence-corrected chi connectivity index (χ1v) is 17.8.